The number of hydrogen-bond donors (Lipinski definition) is 0. The summed E-state index contributed by atoms with van der Waals surface area (Å²) in [6.45, 7) is 0. The number of hydrogen-bond acceptors (Lipinski definition) is 5. The SMILES string of the molecule is N#Cc1ccc(OC(=O)CCc2ncc(-c3ccc(Cl)cc3)o2)cc1. The molecule has 0 atom stereocenters. The predicted octanol–water partition coefficient (Wildman–Crippen LogP) is 4.40. The largest absolute Gasteiger partial charge is 0.441 e. The average Bonchev–Trinajstić information content (AvgIpc) is 3.10. The monoisotopic (exact) mass is 352 g/mol. The van der Waals surface area contributed by atoms with Gasteiger partial charge in [-0.1, -0.05) is 11.6 Å². The molecule has 5 nitrogen and oxygen atoms in total. The van der Waals surface area contributed by atoms with E-state index >= 15 is 0 Å². The fraction of sp³-hybridized carbons (Fsp3) is 0.105. The molecule has 0 radical (unpaired) electrons. The second-order valence-electron chi connectivity index (χ2n) is 5.24. The molecule has 0 spiro atoms. The minimum atomic E-state index is -0.393. The molecule has 6 heteroatoms. The van der Waals surface area contributed by atoms with E-state index in [-0.39, 0.29) is 6.42 Å². The normalized spacial score (nSPS) is 10.2. The molecule has 0 aliphatic carbocycles. The van der Waals surface area contributed by atoms with Crippen molar-refractivity contribution < 1.29 is 13.9 Å². The first-order valence-corrected chi connectivity index (χ1v) is 7.93. The molecule has 0 aliphatic heterocycles. The molecule has 0 saturated carbocycles. The van der Waals surface area contributed by atoms with Gasteiger partial charge in [0.1, 0.15) is 5.75 Å². The van der Waals surface area contributed by atoms with Crippen LogP contribution in [0.4, 0.5) is 0 Å². The summed E-state index contributed by atoms with van der Waals surface area (Å²) in [4.78, 5) is 16.1. The van der Waals surface area contributed by atoms with Crippen molar-refractivity contribution in [1.82, 2.24) is 4.98 Å². The second-order valence-corrected chi connectivity index (χ2v) is 5.67. The van der Waals surface area contributed by atoms with Crippen molar-refractivity contribution in [3.63, 3.8) is 0 Å². The van der Waals surface area contributed by atoms with E-state index in [2.05, 4.69) is 4.98 Å². The lowest BCUT2D eigenvalue weighted by molar-refractivity contribution is -0.134. The van der Waals surface area contributed by atoms with Gasteiger partial charge in [-0.25, -0.2) is 4.98 Å². The Hall–Kier alpha value is -3.10. The maximum absolute atomic E-state index is 11.9. The molecule has 2 aromatic carbocycles. The van der Waals surface area contributed by atoms with Crippen molar-refractivity contribution in [2.75, 3.05) is 0 Å². The third kappa shape index (κ3) is 4.46. The minimum absolute atomic E-state index is 0.139. The summed E-state index contributed by atoms with van der Waals surface area (Å²) in [7, 11) is 0. The van der Waals surface area contributed by atoms with E-state index in [9.17, 15) is 4.79 Å². The Morgan fingerprint density at radius 3 is 2.56 bits per heavy atom. The van der Waals surface area contributed by atoms with Crippen molar-refractivity contribution in [1.29, 1.82) is 5.26 Å². The molecule has 3 aromatic rings. The van der Waals surface area contributed by atoms with Crippen molar-refractivity contribution in [3.8, 4) is 23.1 Å². The number of oxazole rings is 1. The maximum atomic E-state index is 11.9. The van der Waals surface area contributed by atoms with Gasteiger partial charge in [0.15, 0.2) is 11.7 Å². The molecular weight excluding hydrogens is 340 g/mol. The number of aryl methyl sites for hydroxylation is 1. The van der Waals surface area contributed by atoms with E-state index in [0.29, 0.717) is 34.4 Å². The zero-order valence-corrected chi connectivity index (χ0v) is 13.9. The maximum Gasteiger partial charge on any atom is 0.311 e. The fourth-order valence-corrected chi connectivity index (χ4v) is 2.29. The Balaban J connectivity index is 1.55. The van der Waals surface area contributed by atoms with Crippen molar-refractivity contribution in [3.05, 3.63) is 71.2 Å². The molecule has 0 aliphatic rings. The van der Waals surface area contributed by atoms with Gasteiger partial charge in [-0.2, -0.15) is 5.26 Å². The van der Waals surface area contributed by atoms with Gasteiger partial charge in [0.25, 0.3) is 0 Å². The number of carbonyl (C=O) groups is 1. The number of nitrogens with zero attached hydrogens (tertiary/aromatic N) is 2. The fourth-order valence-electron chi connectivity index (χ4n) is 2.16. The molecule has 124 valence electrons. The molecule has 0 unspecified atom stereocenters. The van der Waals surface area contributed by atoms with Crippen LogP contribution in [-0.4, -0.2) is 11.0 Å². The van der Waals surface area contributed by atoms with E-state index in [1.54, 1.807) is 42.6 Å². The summed E-state index contributed by atoms with van der Waals surface area (Å²) < 4.78 is 10.9. The third-order valence-electron chi connectivity index (χ3n) is 3.44. The molecule has 0 bridgehead atoms. The summed E-state index contributed by atoms with van der Waals surface area (Å²) in [5.74, 6) is 1.09. The van der Waals surface area contributed by atoms with E-state index in [4.69, 9.17) is 26.0 Å². The number of esters is 1. The highest BCUT2D eigenvalue weighted by Gasteiger charge is 2.10. The van der Waals surface area contributed by atoms with Crippen LogP contribution in [0.3, 0.4) is 0 Å². The van der Waals surface area contributed by atoms with Crippen LogP contribution in [0.15, 0.2) is 59.1 Å². The number of nitriles is 1. The zero-order chi connectivity index (χ0) is 17.6. The van der Waals surface area contributed by atoms with Gasteiger partial charge in [0.2, 0.25) is 0 Å². The minimum Gasteiger partial charge on any atom is -0.441 e. The Morgan fingerprint density at radius 2 is 1.88 bits per heavy atom. The molecule has 0 fully saturated rings. The Morgan fingerprint density at radius 1 is 1.16 bits per heavy atom. The molecule has 0 saturated heterocycles. The van der Waals surface area contributed by atoms with Crippen LogP contribution in [0.25, 0.3) is 11.3 Å². The number of halogens is 1. The van der Waals surface area contributed by atoms with Crippen LogP contribution in [-0.2, 0) is 11.2 Å². The molecule has 1 heterocycles. The highest BCUT2D eigenvalue weighted by atomic mass is 35.5. The Kier molecular flexibility index (Phi) is 5.12. The first-order chi connectivity index (χ1) is 12.1. The topological polar surface area (TPSA) is 76.1 Å². The lowest BCUT2D eigenvalue weighted by atomic mass is 10.2. The molecule has 0 amide bonds. The average molecular weight is 353 g/mol. The van der Waals surface area contributed by atoms with E-state index < -0.39 is 5.97 Å². The van der Waals surface area contributed by atoms with Gasteiger partial charge in [0.05, 0.1) is 24.3 Å². The summed E-state index contributed by atoms with van der Waals surface area (Å²) in [6, 6.07) is 15.6. The standard InChI is InChI=1S/C19H13ClN2O3/c20-15-5-3-14(4-6-15)17-12-22-18(25-17)9-10-19(23)24-16-7-1-13(11-21)2-8-16/h1-8,12H,9-10H2. The lowest BCUT2D eigenvalue weighted by Crippen LogP contribution is -2.09. The van der Waals surface area contributed by atoms with E-state index in [0.717, 1.165) is 5.56 Å². The van der Waals surface area contributed by atoms with Gasteiger partial charge in [0, 0.05) is 17.0 Å². The predicted molar refractivity (Wildman–Crippen MR) is 92.1 cm³/mol. The number of aromatic nitrogens is 1. The van der Waals surface area contributed by atoms with Crippen LogP contribution in [0, 0.1) is 11.3 Å². The Bertz CT molecular complexity index is 909. The van der Waals surface area contributed by atoms with Crippen LogP contribution < -0.4 is 4.74 Å². The van der Waals surface area contributed by atoms with Crippen LogP contribution >= 0.6 is 11.6 Å². The van der Waals surface area contributed by atoms with Crippen LogP contribution in [0.1, 0.15) is 17.9 Å². The number of ether oxygens (including phenoxy) is 1. The first kappa shape index (κ1) is 16.7. The summed E-state index contributed by atoms with van der Waals surface area (Å²) in [6.07, 6.45) is 2.09. The third-order valence-corrected chi connectivity index (χ3v) is 3.69. The van der Waals surface area contributed by atoms with Gasteiger partial charge in [-0.3, -0.25) is 4.79 Å². The molecule has 1 aromatic heterocycles. The van der Waals surface area contributed by atoms with Crippen LogP contribution in [0.2, 0.25) is 5.02 Å². The summed E-state index contributed by atoms with van der Waals surface area (Å²) in [5.41, 5.74) is 1.37. The molecule has 25 heavy (non-hydrogen) atoms. The van der Waals surface area contributed by atoms with Gasteiger partial charge < -0.3 is 9.15 Å². The van der Waals surface area contributed by atoms with Crippen LogP contribution in [0.5, 0.6) is 5.75 Å². The smallest absolute Gasteiger partial charge is 0.311 e. The highest BCUT2D eigenvalue weighted by Crippen LogP contribution is 2.23. The quantitative estimate of drug-likeness (QED) is 0.502. The van der Waals surface area contributed by atoms with E-state index in [1.165, 1.54) is 0 Å². The van der Waals surface area contributed by atoms with Gasteiger partial charge in [-0.05, 0) is 48.5 Å². The first-order valence-electron chi connectivity index (χ1n) is 7.55. The highest BCUT2D eigenvalue weighted by molar-refractivity contribution is 6.30. The van der Waals surface area contributed by atoms with Gasteiger partial charge >= 0.3 is 5.97 Å². The zero-order valence-electron chi connectivity index (χ0n) is 13.1. The second kappa shape index (κ2) is 7.65. The molecule has 3 rings (SSSR count). The number of benzene rings is 2. The Labute approximate surface area is 149 Å². The molecule has 0 N–H and O–H groups in total. The van der Waals surface area contributed by atoms with Crippen molar-refractivity contribution in [2.24, 2.45) is 0 Å². The van der Waals surface area contributed by atoms with Crippen molar-refractivity contribution in [2.45, 2.75) is 12.8 Å². The summed E-state index contributed by atoms with van der Waals surface area (Å²) in [5, 5.41) is 9.38. The number of carbonyl (C=O) groups excluding carboxylic acids is 1. The molecular formula is C19H13ClN2O3. The summed E-state index contributed by atoms with van der Waals surface area (Å²) >= 11 is 5.86. The number of rotatable bonds is 5. The van der Waals surface area contributed by atoms with Crippen molar-refractivity contribution >= 4 is 17.6 Å². The van der Waals surface area contributed by atoms with Gasteiger partial charge in [-0.15, -0.1) is 0 Å². The lowest BCUT2D eigenvalue weighted by Gasteiger charge is -2.03. The van der Waals surface area contributed by atoms with E-state index in [1.807, 2.05) is 18.2 Å².